The Kier molecular flexibility index (Phi) is 3.69. The minimum absolute atomic E-state index is 0.160. The van der Waals surface area contributed by atoms with Crippen molar-refractivity contribution in [1.29, 1.82) is 0 Å². The van der Waals surface area contributed by atoms with E-state index in [4.69, 9.17) is 5.73 Å². The van der Waals surface area contributed by atoms with Crippen molar-refractivity contribution in [2.75, 3.05) is 13.1 Å². The van der Waals surface area contributed by atoms with Crippen molar-refractivity contribution in [3.05, 3.63) is 35.1 Å². The van der Waals surface area contributed by atoms with Gasteiger partial charge in [-0.25, -0.2) is 4.39 Å². The zero-order valence-corrected chi connectivity index (χ0v) is 9.78. The first-order chi connectivity index (χ1) is 8.58. The summed E-state index contributed by atoms with van der Waals surface area (Å²) in [7, 11) is 0. The number of benzene rings is 1. The van der Waals surface area contributed by atoms with Gasteiger partial charge in [0.25, 0.3) is 0 Å². The first kappa shape index (κ1) is 12.7. The van der Waals surface area contributed by atoms with Gasteiger partial charge in [0.2, 0.25) is 11.8 Å². The summed E-state index contributed by atoms with van der Waals surface area (Å²) in [5.74, 6) is -0.975. The highest BCUT2D eigenvalue weighted by Crippen LogP contribution is 2.14. The van der Waals surface area contributed by atoms with Gasteiger partial charge < -0.3 is 5.73 Å². The molecule has 1 aromatic carbocycles. The number of carbonyl (C=O) groups is 2. The molecule has 0 atom stereocenters. The van der Waals surface area contributed by atoms with E-state index in [2.05, 4.69) is 5.32 Å². The Morgan fingerprint density at radius 3 is 2.50 bits per heavy atom. The van der Waals surface area contributed by atoms with Crippen molar-refractivity contribution in [2.45, 2.75) is 13.1 Å². The van der Waals surface area contributed by atoms with Crippen LogP contribution in [0.3, 0.4) is 0 Å². The molecule has 2 rings (SSSR count). The first-order valence-corrected chi connectivity index (χ1v) is 5.61. The first-order valence-electron chi connectivity index (χ1n) is 5.61. The third-order valence-corrected chi connectivity index (χ3v) is 2.80. The maximum atomic E-state index is 13.0. The molecule has 1 aromatic rings. The second-order valence-corrected chi connectivity index (χ2v) is 4.23. The number of hydrogen-bond acceptors (Lipinski definition) is 4. The Balaban J connectivity index is 2.13. The third-order valence-electron chi connectivity index (χ3n) is 2.80. The molecule has 0 aliphatic carbocycles. The number of nitrogens with zero attached hydrogens (tertiary/aromatic N) is 1. The summed E-state index contributed by atoms with van der Waals surface area (Å²) in [6, 6.07) is 4.36. The minimum atomic E-state index is -0.341. The van der Waals surface area contributed by atoms with Crippen LogP contribution in [0.1, 0.15) is 11.1 Å². The topological polar surface area (TPSA) is 75.4 Å². The molecule has 1 fully saturated rings. The van der Waals surface area contributed by atoms with Crippen molar-refractivity contribution < 1.29 is 14.0 Å². The Morgan fingerprint density at radius 1 is 1.22 bits per heavy atom. The van der Waals surface area contributed by atoms with E-state index in [9.17, 15) is 14.0 Å². The van der Waals surface area contributed by atoms with Crippen molar-refractivity contribution in [3.63, 3.8) is 0 Å². The maximum Gasteiger partial charge on any atom is 0.240 e. The predicted molar refractivity (Wildman–Crippen MR) is 62.7 cm³/mol. The molecule has 96 valence electrons. The number of rotatable bonds is 3. The van der Waals surface area contributed by atoms with E-state index in [0.29, 0.717) is 12.1 Å². The molecule has 1 aliphatic rings. The third kappa shape index (κ3) is 2.91. The van der Waals surface area contributed by atoms with E-state index in [-0.39, 0.29) is 37.3 Å². The molecule has 0 spiro atoms. The molecule has 6 heteroatoms. The minimum Gasteiger partial charge on any atom is -0.326 e. The van der Waals surface area contributed by atoms with E-state index in [1.54, 1.807) is 11.0 Å². The Bertz CT molecular complexity index is 474. The highest BCUT2D eigenvalue weighted by Gasteiger charge is 2.22. The molecule has 0 radical (unpaired) electrons. The zero-order chi connectivity index (χ0) is 13.1. The molecule has 2 amide bonds. The normalized spacial score (nSPS) is 16.8. The molecule has 3 N–H and O–H groups in total. The van der Waals surface area contributed by atoms with Gasteiger partial charge in [-0.2, -0.15) is 0 Å². The number of carbonyl (C=O) groups excluding carboxylic acids is 2. The van der Waals surface area contributed by atoms with Gasteiger partial charge in [0.1, 0.15) is 5.82 Å². The lowest BCUT2D eigenvalue weighted by Crippen LogP contribution is -2.50. The van der Waals surface area contributed by atoms with E-state index in [1.165, 1.54) is 12.1 Å². The lowest BCUT2D eigenvalue weighted by atomic mass is 10.1. The summed E-state index contributed by atoms with van der Waals surface area (Å²) in [5.41, 5.74) is 7.07. The molecule has 0 aromatic heterocycles. The van der Waals surface area contributed by atoms with Gasteiger partial charge in [-0.3, -0.25) is 19.8 Å². The van der Waals surface area contributed by atoms with Crippen LogP contribution in [-0.2, 0) is 22.7 Å². The molecule has 0 unspecified atom stereocenters. The second-order valence-electron chi connectivity index (χ2n) is 4.23. The van der Waals surface area contributed by atoms with Crippen LogP contribution in [-0.4, -0.2) is 29.8 Å². The number of nitrogens with one attached hydrogen (secondary N) is 1. The molecule has 1 aliphatic heterocycles. The van der Waals surface area contributed by atoms with Gasteiger partial charge >= 0.3 is 0 Å². The molecule has 5 nitrogen and oxygen atoms in total. The molecule has 1 saturated heterocycles. The van der Waals surface area contributed by atoms with Crippen LogP contribution in [0.15, 0.2) is 18.2 Å². The van der Waals surface area contributed by atoms with Gasteiger partial charge in [-0.15, -0.1) is 0 Å². The average Bonchev–Trinajstić information content (AvgIpc) is 2.30. The average molecular weight is 251 g/mol. The standard InChI is InChI=1S/C12H14FN3O2/c13-10-2-1-8(9(3-10)4-14)5-16-6-11(17)15-12(18)7-16/h1-3H,4-7,14H2,(H,15,17,18). The van der Waals surface area contributed by atoms with Gasteiger partial charge in [0, 0.05) is 13.1 Å². The molecule has 18 heavy (non-hydrogen) atoms. The van der Waals surface area contributed by atoms with Crippen LogP contribution in [0, 0.1) is 5.82 Å². The van der Waals surface area contributed by atoms with Crippen LogP contribution >= 0.6 is 0 Å². The van der Waals surface area contributed by atoms with Crippen LogP contribution in [0.2, 0.25) is 0 Å². The van der Waals surface area contributed by atoms with Crippen LogP contribution < -0.4 is 11.1 Å². The number of halogens is 1. The number of imide groups is 1. The molecular weight excluding hydrogens is 237 g/mol. The van der Waals surface area contributed by atoms with E-state index < -0.39 is 0 Å². The number of nitrogens with two attached hydrogens (primary N) is 1. The quantitative estimate of drug-likeness (QED) is 0.726. The summed E-state index contributed by atoms with van der Waals surface area (Å²) < 4.78 is 13.0. The highest BCUT2D eigenvalue weighted by molar-refractivity contribution is 5.99. The lowest BCUT2D eigenvalue weighted by Gasteiger charge is -2.26. The van der Waals surface area contributed by atoms with Crippen LogP contribution in [0.25, 0.3) is 0 Å². The maximum absolute atomic E-state index is 13.0. The smallest absolute Gasteiger partial charge is 0.240 e. The number of piperazine rings is 1. The summed E-state index contributed by atoms with van der Waals surface area (Å²) in [4.78, 5) is 24.2. The molecule has 1 heterocycles. The highest BCUT2D eigenvalue weighted by atomic mass is 19.1. The fourth-order valence-electron chi connectivity index (χ4n) is 1.99. The summed E-state index contributed by atoms with van der Waals surface area (Å²) >= 11 is 0. The van der Waals surface area contributed by atoms with Crippen molar-refractivity contribution in [3.8, 4) is 0 Å². The predicted octanol–water partition coefficient (Wildman–Crippen LogP) is -0.257. The fraction of sp³-hybridized carbons (Fsp3) is 0.333. The SMILES string of the molecule is NCc1cc(F)ccc1CN1CC(=O)NC(=O)C1. The lowest BCUT2D eigenvalue weighted by molar-refractivity contribution is -0.136. The van der Waals surface area contributed by atoms with Crippen LogP contribution in [0.4, 0.5) is 4.39 Å². The van der Waals surface area contributed by atoms with Crippen molar-refractivity contribution in [2.24, 2.45) is 5.73 Å². The van der Waals surface area contributed by atoms with Crippen LogP contribution in [0.5, 0.6) is 0 Å². The van der Waals surface area contributed by atoms with E-state index in [0.717, 1.165) is 5.56 Å². The Hall–Kier alpha value is -1.79. The second kappa shape index (κ2) is 5.24. The number of hydrogen-bond donors (Lipinski definition) is 2. The largest absolute Gasteiger partial charge is 0.326 e. The monoisotopic (exact) mass is 251 g/mol. The van der Waals surface area contributed by atoms with Gasteiger partial charge in [0.15, 0.2) is 0 Å². The summed E-state index contributed by atoms with van der Waals surface area (Å²) in [6.07, 6.45) is 0. The molecule has 0 saturated carbocycles. The Labute approximate surface area is 104 Å². The fourth-order valence-corrected chi connectivity index (χ4v) is 1.99. The Morgan fingerprint density at radius 2 is 1.89 bits per heavy atom. The molecule has 0 bridgehead atoms. The number of amides is 2. The van der Waals surface area contributed by atoms with Gasteiger partial charge in [-0.05, 0) is 23.3 Å². The zero-order valence-electron chi connectivity index (χ0n) is 9.78. The molecular formula is C12H14FN3O2. The van der Waals surface area contributed by atoms with Crippen molar-refractivity contribution in [1.82, 2.24) is 10.2 Å². The van der Waals surface area contributed by atoms with Crippen molar-refractivity contribution >= 4 is 11.8 Å². The summed E-state index contributed by atoms with van der Waals surface area (Å²) in [6.45, 7) is 0.952. The van der Waals surface area contributed by atoms with Gasteiger partial charge in [0.05, 0.1) is 13.1 Å². The summed E-state index contributed by atoms with van der Waals surface area (Å²) in [5, 5.41) is 2.23. The van der Waals surface area contributed by atoms with Gasteiger partial charge in [-0.1, -0.05) is 6.07 Å². The van der Waals surface area contributed by atoms with E-state index in [1.807, 2.05) is 0 Å². The van der Waals surface area contributed by atoms with E-state index >= 15 is 0 Å².